The molecule has 1 saturated heterocycles. The monoisotopic (exact) mass is 479 g/mol. The molecule has 184 valence electrons. The highest BCUT2D eigenvalue weighted by atomic mass is 19.4. The number of esters is 1. The second-order valence-electron chi connectivity index (χ2n) is 9.37. The molecule has 0 radical (unpaired) electrons. The van der Waals surface area contributed by atoms with Crippen LogP contribution in [0.25, 0.3) is 11.1 Å². The van der Waals surface area contributed by atoms with Crippen molar-refractivity contribution in [3.63, 3.8) is 0 Å². The van der Waals surface area contributed by atoms with Crippen LogP contribution in [0.1, 0.15) is 42.5 Å². The van der Waals surface area contributed by atoms with Crippen LogP contribution in [0.5, 0.6) is 5.75 Å². The lowest BCUT2D eigenvalue weighted by Crippen LogP contribution is -2.53. The van der Waals surface area contributed by atoms with Crippen molar-refractivity contribution in [1.29, 1.82) is 0 Å². The van der Waals surface area contributed by atoms with Gasteiger partial charge in [0.15, 0.2) is 0 Å². The topological polar surface area (TPSA) is 38.8 Å². The molecule has 1 heterocycles. The van der Waals surface area contributed by atoms with Crippen molar-refractivity contribution in [2.45, 2.75) is 38.3 Å². The van der Waals surface area contributed by atoms with Crippen molar-refractivity contribution in [3.8, 4) is 16.9 Å². The Balaban J connectivity index is 1.26. The van der Waals surface area contributed by atoms with Gasteiger partial charge in [-0.3, -0.25) is 0 Å². The molecule has 8 heteroatoms. The average molecular weight is 480 g/mol. The number of alkyl halides is 3. The molecule has 0 amide bonds. The molecule has 4 rings (SSSR count). The fourth-order valence-electron chi connectivity index (χ4n) is 4.81. The Kier molecular flexibility index (Phi) is 7.17. The molecule has 2 fully saturated rings. The molecule has 34 heavy (non-hydrogen) atoms. The predicted octanol–water partition coefficient (Wildman–Crippen LogP) is 6.10. The molecule has 1 aliphatic carbocycles. The third-order valence-electron chi connectivity index (χ3n) is 7.19. The molecule has 0 unspecified atom stereocenters. The number of piperidine rings is 1. The molecule has 0 N–H and O–H groups in total. The zero-order valence-corrected chi connectivity index (χ0v) is 19.2. The van der Waals surface area contributed by atoms with Gasteiger partial charge in [0.05, 0.1) is 24.7 Å². The Morgan fingerprint density at radius 2 is 1.76 bits per heavy atom. The van der Waals surface area contributed by atoms with E-state index >= 15 is 0 Å². The number of hydrogen-bond acceptors (Lipinski definition) is 4. The number of nitrogens with zero attached hydrogens (tertiary/aromatic N) is 1. The van der Waals surface area contributed by atoms with Gasteiger partial charge in [0.25, 0.3) is 0 Å². The van der Waals surface area contributed by atoms with Crippen molar-refractivity contribution >= 4 is 5.97 Å². The van der Waals surface area contributed by atoms with Crippen LogP contribution in [0.15, 0.2) is 42.5 Å². The molecule has 2 aromatic rings. The first kappa shape index (κ1) is 24.5. The average Bonchev–Trinajstić information content (AvgIpc) is 2.80. The van der Waals surface area contributed by atoms with E-state index in [0.717, 1.165) is 18.9 Å². The van der Waals surface area contributed by atoms with Crippen molar-refractivity contribution in [2.75, 3.05) is 33.4 Å². The number of methoxy groups -OCH3 is 1. The van der Waals surface area contributed by atoms with Crippen molar-refractivity contribution < 1.29 is 31.8 Å². The van der Waals surface area contributed by atoms with Crippen LogP contribution in [-0.2, 0) is 4.74 Å². The van der Waals surface area contributed by atoms with E-state index < -0.39 is 23.4 Å². The Morgan fingerprint density at radius 1 is 1.09 bits per heavy atom. The Bertz CT molecular complexity index is 994. The number of benzene rings is 2. The van der Waals surface area contributed by atoms with Crippen LogP contribution < -0.4 is 4.74 Å². The number of hydrogen-bond donors (Lipinski definition) is 0. The van der Waals surface area contributed by atoms with Gasteiger partial charge in [-0.25, -0.2) is 9.18 Å². The van der Waals surface area contributed by atoms with E-state index in [2.05, 4.69) is 4.74 Å². The number of ether oxygens (including phenoxy) is 2. The van der Waals surface area contributed by atoms with Crippen molar-refractivity contribution in [2.24, 2.45) is 11.3 Å². The summed E-state index contributed by atoms with van der Waals surface area (Å²) in [6.07, 6.45) is -1.35. The van der Waals surface area contributed by atoms with Crippen LogP contribution in [0.2, 0.25) is 0 Å². The summed E-state index contributed by atoms with van der Waals surface area (Å²) < 4.78 is 65.3. The van der Waals surface area contributed by atoms with Gasteiger partial charge in [-0.2, -0.15) is 13.2 Å². The highest BCUT2D eigenvalue weighted by Crippen LogP contribution is 2.53. The zero-order chi connectivity index (χ0) is 24.3. The summed E-state index contributed by atoms with van der Waals surface area (Å²) in [4.78, 5) is 13.5. The molecule has 4 nitrogen and oxygen atoms in total. The molecule has 0 spiro atoms. The van der Waals surface area contributed by atoms with Crippen molar-refractivity contribution in [3.05, 3.63) is 53.8 Å². The Hall–Kier alpha value is -2.61. The van der Waals surface area contributed by atoms with Crippen LogP contribution in [0, 0.1) is 17.2 Å². The minimum Gasteiger partial charge on any atom is -0.493 e. The first-order valence-electron chi connectivity index (χ1n) is 11.6. The van der Waals surface area contributed by atoms with E-state index in [9.17, 15) is 22.4 Å². The highest BCUT2D eigenvalue weighted by molar-refractivity contribution is 5.90. The van der Waals surface area contributed by atoms with Crippen LogP contribution >= 0.6 is 0 Å². The number of halogens is 4. The molecular weight excluding hydrogens is 450 g/mol. The summed E-state index contributed by atoms with van der Waals surface area (Å²) in [5.74, 6) is -0.161. The number of rotatable bonds is 7. The Morgan fingerprint density at radius 3 is 2.29 bits per heavy atom. The second-order valence-corrected chi connectivity index (χ2v) is 9.37. The first-order valence-corrected chi connectivity index (χ1v) is 11.6. The van der Waals surface area contributed by atoms with E-state index in [0.29, 0.717) is 48.9 Å². The number of carbonyl (C=O) groups is 1. The summed E-state index contributed by atoms with van der Waals surface area (Å²) in [5.41, 5.74) is -0.327. The summed E-state index contributed by atoms with van der Waals surface area (Å²) >= 11 is 0. The van der Waals surface area contributed by atoms with Gasteiger partial charge in [0.2, 0.25) is 0 Å². The predicted molar refractivity (Wildman–Crippen MR) is 120 cm³/mol. The smallest absolute Gasteiger partial charge is 0.395 e. The highest BCUT2D eigenvalue weighted by Gasteiger charge is 2.58. The summed E-state index contributed by atoms with van der Waals surface area (Å²) in [6.45, 7) is 1.93. The van der Waals surface area contributed by atoms with Crippen LogP contribution in [0.3, 0.4) is 0 Å². The molecule has 2 aliphatic rings. The second kappa shape index (κ2) is 9.94. The fraction of sp³-hybridized carbons (Fsp3) is 0.500. The van der Waals surface area contributed by atoms with Gasteiger partial charge in [0, 0.05) is 12.1 Å². The van der Waals surface area contributed by atoms with Gasteiger partial charge in [-0.05, 0) is 74.5 Å². The lowest BCUT2D eigenvalue weighted by atomic mass is 9.67. The number of likely N-dealkylation sites (tertiary alicyclic amines) is 1. The van der Waals surface area contributed by atoms with Crippen LogP contribution in [-0.4, -0.2) is 50.4 Å². The molecule has 1 saturated carbocycles. The van der Waals surface area contributed by atoms with E-state index in [1.165, 1.54) is 19.2 Å². The van der Waals surface area contributed by atoms with E-state index in [4.69, 9.17) is 4.74 Å². The van der Waals surface area contributed by atoms with Gasteiger partial charge in [-0.1, -0.05) is 24.6 Å². The molecule has 2 aromatic carbocycles. The first-order chi connectivity index (χ1) is 16.2. The van der Waals surface area contributed by atoms with E-state index in [1.54, 1.807) is 24.3 Å². The molecule has 0 bridgehead atoms. The maximum atomic E-state index is 14.4. The van der Waals surface area contributed by atoms with E-state index in [-0.39, 0.29) is 24.9 Å². The Labute approximate surface area is 196 Å². The van der Waals surface area contributed by atoms with Gasteiger partial charge in [-0.15, -0.1) is 0 Å². The third-order valence-corrected chi connectivity index (χ3v) is 7.19. The maximum absolute atomic E-state index is 14.4. The zero-order valence-electron chi connectivity index (χ0n) is 19.2. The summed E-state index contributed by atoms with van der Waals surface area (Å²) in [5, 5.41) is 0. The molecule has 0 atom stereocenters. The molecule has 0 aromatic heterocycles. The molecular formula is C26H29F4NO3. The fourth-order valence-corrected chi connectivity index (χ4v) is 4.81. The minimum absolute atomic E-state index is 0.114. The maximum Gasteiger partial charge on any atom is 0.395 e. The van der Waals surface area contributed by atoms with Gasteiger partial charge >= 0.3 is 12.1 Å². The third kappa shape index (κ3) is 5.22. The van der Waals surface area contributed by atoms with Gasteiger partial charge < -0.3 is 14.4 Å². The lowest BCUT2D eigenvalue weighted by molar-refractivity contribution is -0.256. The van der Waals surface area contributed by atoms with Crippen molar-refractivity contribution in [1.82, 2.24) is 4.90 Å². The quantitative estimate of drug-likeness (QED) is 0.355. The molecule has 1 aliphatic heterocycles. The lowest BCUT2D eigenvalue weighted by Gasteiger charge is -2.47. The van der Waals surface area contributed by atoms with Crippen LogP contribution in [0.4, 0.5) is 17.6 Å². The van der Waals surface area contributed by atoms with E-state index in [1.807, 2.05) is 4.90 Å². The SMILES string of the molecule is COC(=O)c1ccc(-c2ccc(OCC3CCN(CC4(C(F)(F)F)CCC4)CC3)cc2)c(F)c1. The standard InChI is InChI=1S/C26H29F4NO3/c1-33-24(32)20-5-8-22(23(27)15-20)19-3-6-21(7-4-19)34-16-18-9-13-31(14-10-18)17-25(11-2-12-25)26(28,29)30/h3-8,15,18H,2,9-14,16-17H2,1H3. The number of carbonyl (C=O) groups excluding carboxylic acids is 1. The van der Waals surface area contributed by atoms with Gasteiger partial charge in [0.1, 0.15) is 11.6 Å². The largest absolute Gasteiger partial charge is 0.493 e. The summed E-state index contributed by atoms with van der Waals surface area (Å²) in [7, 11) is 1.24. The normalized spacial score (nSPS) is 18.9. The minimum atomic E-state index is -4.12. The summed E-state index contributed by atoms with van der Waals surface area (Å²) in [6, 6.07) is 11.2.